The van der Waals surface area contributed by atoms with Crippen LogP contribution in [-0.2, 0) is 7.05 Å². The van der Waals surface area contributed by atoms with Crippen molar-refractivity contribution in [2.45, 2.75) is 13.8 Å². The third-order valence-electron chi connectivity index (χ3n) is 2.84. The minimum Gasteiger partial charge on any atom is -0.494 e. The van der Waals surface area contributed by atoms with E-state index in [0.717, 1.165) is 23.2 Å². The van der Waals surface area contributed by atoms with Crippen LogP contribution >= 0.6 is 0 Å². The van der Waals surface area contributed by atoms with Crippen LogP contribution in [0.15, 0.2) is 24.5 Å². The normalized spacial score (nSPS) is 10.4. The third kappa shape index (κ3) is 2.14. The molecule has 0 spiro atoms. The number of rotatable bonds is 4. The van der Waals surface area contributed by atoms with E-state index in [4.69, 9.17) is 4.74 Å². The van der Waals surface area contributed by atoms with Gasteiger partial charge in [0, 0.05) is 12.6 Å². The number of nitrogens with zero attached hydrogens (tertiary/aromatic N) is 2. The van der Waals surface area contributed by atoms with Crippen LogP contribution in [0.3, 0.4) is 0 Å². The summed E-state index contributed by atoms with van der Waals surface area (Å²) in [6.45, 7) is 4.58. The van der Waals surface area contributed by atoms with Crippen LogP contribution in [0.25, 0.3) is 11.3 Å². The molecular weight excluding hydrogens is 228 g/mol. The molecule has 0 saturated heterocycles. The predicted molar refractivity (Wildman–Crippen MR) is 69.9 cm³/mol. The molecule has 0 unspecified atom stereocenters. The second-order valence-corrected chi connectivity index (χ2v) is 4.12. The maximum absolute atomic E-state index is 11.1. The molecule has 0 aliphatic carbocycles. The van der Waals surface area contributed by atoms with Crippen molar-refractivity contribution >= 4 is 6.29 Å². The van der Waals surface area contributed by atoms with Gasteiger partial charge in [0.2, 0.25) is 0 Å². The molecule has 0 bridgehead atoms. The standard InChI is InChI=1S/C14H16N2O2/c1-4-18-13-6-5-11(7-10(13)2)14-12(8-17)16(3)9-15-14/h5-9H,4H2,1-3H3. The average Bonchev–Trinajstić information content (AvgIpc) is 2.73. The number of benzene rings is 1. The maximum Gasteiger partial charge on any atom is 0.168 e. The molecule has 0 atom stereocenters. The Morgan fingerprint density at radius 3 is 2.83 bits per heavy atom. The average molecular weight is 244 g/mol. The van der Waals surface area contributed by atoms with E-state index < -0.39 is 0 Å². The second kappa shape index (κ2) is 5.04. The zero-order valence-electron chi connectivity index (χ0n) is 10.8. The first kappa shape index (κ1) is 12.4. The van der Waals surface area contributed by atoms with Gasteiger partial charge in [-0.05, 0) is 37.6 Å². The number of hydrogen-bond donors (Lipinski definition) is 0. The van der Waals surface area contributed by atoms with Crippen molar-refractivity contribution in [1.29, 1.82) is 0 Å². The molecule has 0 aliphatic heterocycles. The van der Waals surface area contributed by atoms with Gasteiger partial charge in [-0.25, -0.2) is 4.98 Å². The predicted octanol–water partition coefficient (Wildman–Crippen LogP) is 2.61. The molecule has 2 aromatic rings. The Hall–Kier alpha value is -2.10. The number of aromatic nitrogens is 2. The van der Waals surface area contributed by atoms with Gasteiger partial charge in [-0.2, -0.15) is 0 Å². The fraction of sp³-hybridized carbons (Fsp3) is 0.286. The van der Waals surface area contributed by atoms with Crippen molar-refractivity contribution in [1.82, 2.24) is 9.55 Å². The van der Waals surface area contributed by atoms with Gasteiger partial charge in [-0.1, -0.05) is 0 Å². The van der Waals surface area contributed by atoms with Crippen molar-refractivity contribution < 1.29 is 9.53 Å². The van der Waals surface area contributed by atoms with Gasteiger partial charge >= 0.3 is 0 Å². The molecule has 0 saturated carbocycles. The number of aldehydes is 1. The molecule has 0 radical (unpaired) electrons. The summed E-state index contributed by atoms with van der Waals surface area (Å²) < 4.78 is 7.21. The van der Waals surface area contributed by atoms with E-state index in [0.29, 0.717) is 18.0 Å². The van der Waals surface area contributed by atoms with E-state index in [1.54, 1.807) is 10.9 Å². The minimum absolute atomic E-state index is 0.582. The Kier molecular flexibility index (Phi) is 3.46. The lowest BCUT2D eigenvalue weighted by Crippen LogP contribution is -1.96. The summed E-state index contributed by atoms with van der Waals surface area (Å²) in [5.41, 5.74) is 3.26. The van der Waals surface area contributed by atoms with Crippen LogP contribution < -0.4 is 4.74 Å². The zero-order chi connectivity index (χ0) is 13.1. The first-order valence-corrected chi connectivity index (χ1v) is 5.87. The van der Waals surface area contributed by atoms with Crippen LogP contribution in [0, 0.1) is 6.92 Å². The maximum atomic E-state index is 11.1. The summed E-state index contributed by atoms with van der Waals surface area (Å²) in [5.74, 6) is 0.866. The van der Waals surface area contributed by atoms with Crippen molar-refractivity contribution in [2.24, 2.45) is 7.05 Å². The molecule has 0 N–H and O–H groups in total. The molecule has 18 heavy (non-hydrogen) atoms. The van der Waals surface area contributed by atoms with E-state index in [1.807, 2.05) is 39.1 Å². The monoisotopic (exact) mass is 244 g/mol. The van der Waals surface area contributed by atoms with Gasteiger partial charge < -0.3 is 9.30 Å². The lowest BCUT2D eigenvalue weighted by Gasteiger charge is -2.08. The number of aryl methyl sites for hydroxylation is 2. The van der Waals surface area contributed by atoms with E-state index in [2.05, 4.69) is 4.98 Å². The highest BCUT2D eigenvalue weighted by atomic mass is 16.5. The fourth-order valence-electron chi connectivity index (χ4n) is 1.92. The lowest BCUT2D eigenvalue weighted by molar-refractivity contribution is 0.111. The largest absolute Gasteiger partial charge is 0.494 e. The highest BCUT2D eigenvalue weighted by molar-refractivity contribution is 5.84. The van der Waals surface area contributed by atoms with Crippen LogP contribution in [0.5, 0.6) is 5.75 Å². The summed E-state index contributed by atoms with van der Waals surface area (Å²) >= 11 is 0. The van der Waals surface area contributed by atoms with Gasteiger partial charge in [0.25, 0.3) is 0 Å². The summed E-state index contributed by atoms with van der Waals surface area (Å²) in [6, 6.07) is 5.82. The van der Waals surface area contributed by atoms with Crippen molar-refractivity contribution in [3.8, 4) is 17.0 Å². The van der Waals surface area contributed by atoms with Gasteiger partial charge in [0.1, 0.15) is 11.4 Å². The van der Waals surface area contributed by atoms with Crippen LogP contribution in [0.1, 0.15) is 23.0 Å². The van der Waals surface area contributed by atoms with Gasteiger partial charge in [-0.3, -0.25) is 4.79 Å². The Labute approximate surface area is 106 Å². The van der Waals surface area contributed by atoms with Gasteiger partial charge in [0.15, 0.2) is 6.29 Å². The molecule has 1 aromatic heterocycles. The van der Waals surface area contributed by atoms with Crippen molar-refractivity contribution in [3.63, 3.8) is 0 Å². The zero-order valence-corrected chi connectivity index (χ0v) is 10.8. The highest BCUT2D eigenvalue weighted by Gasteiger charge is 2.11. The van der Waals surface area contributed by atoms with E-state index in [9.17, 15) is 4.79 Å². The molecular formula is C14H16N2O2. The molecule has 1 aromatic carbocycles. The molecule has 4 nitrogen and oxygen atoms in total. The Balaban J connectivity index is 2.45. The summed E-state index contributed by atoms with van der Waals surface area (Å²) in [7, 11) is 1.81. The highest BCUT2D eigenvalue weighted by Crippen LogP contribution is 2.26. The van der Waals surface area contributed by atoms with Crippen LogP contribution in [0.4, 0.5) is 0 Å². The molecule has 0 aliphatic rings. The van der Waals surface area contributed by atoms with Crippen molar-refractivity contribution in [3.05, 3.63) is 35.8 Å². The smallest absolute Gasteiger partial charge is 0.168 e. The fourth-order valence-corrected chi connectivity index (χ4v) is 1.92. The second-order valence-electron chi connectivity index (χ2n) is 4.12. The summed E-state index contributed by atoms with van der Waals surface area (Å²) in [5, 5.41) is 0. The lowest BCUT2D eigenvalue weighted by atomic mass is 10.1. The molecule has 4 heteroatoms. The summed E-state index contributed by atoms with van der Waals surface area (Å²) in [6.07, 6.45) is 2.47. The number of ether oxygens (including phenoxy) is 1. The first-order chi connectivity index (χ1) is 8.67. The molecule has 94 valence electrons. The SMILES string of the molecule is CCOc1ccc(-c2ncn(C)c2C=O)cc1C. The van der Waals surface area contributed by atoms with Crippen LogP contribution in [-0.4, -0.2) is 22.4 Å². The quantitative estimate of drug-likeness (QED) is 0.776. The molecule has 1 heterocycles. The van der Waals surface area contributed by atoms with Crippen molar-refractivity contribution in [2.75, 3.05) is 6.61 Å². The minimum atomic E-state index is 0.582. The van der Waals surface area contributed by atoms with E-state index >= 15 is 0 Å². The molecule has 0 amide bonds. The molecule has 2 rings (SSSR count). The number of hydrogen-bond acceptors (Lipinski definition) is 3. The third-order valence-corrected chi connectivity index (χ3v) is 2.84. The summed E-state index contributed by atoms with van der Waals surface area (Å²) in [4.78, 5) is 15.3. The Morgan fingerprint density at radius 1 is 1.44 bits per heavy atom. The number of carbonyl (C=O) groups excluding carboxylic acids is 1. The van der Waals surface area contributed by atoms with Gasteiger partial charge in [-0.15, -0.1) is 0 Å². The Morgan fingerprint density at radius 2 is 2.22 bits per heavy atom. The Bertz CT molecular complexity index is 573. The topological polar surface area (TPSA) is 44.1 Å². The van der Waals surface area contributed by atoms with Crippen LogP contribution in [0.2, 0.25) is 0 Å². The van der Waals surface area contributed by atoms with E-state index in [1.165, 1.54) is 0 Å². The number of carbonyl (C=O) groups is 1. The van der Waals surface area contributed by atoms with Gasteiger partial charge in [0.05, 0.1) is 18.6 Å². The number of imidazole rings is 1. The van der Waals surface area contributed by atoms with E-state index in [-0.39, 0.29) is 0 Å². The molecule has 0 fully saturated rings. The first-order valence-electron chi connectivity index (χ1n) is 5.87.